The van der Waals surface area contributed by atoms with Gasteiger partial charge in [-0.25, -0.2) is 9.97 Å². The van der Waals surface area contributed by atoms with Gasteiger partial charge in [0.1, 0.15) is 11.5 Å². The quantitative estimate of drug-likeness (QED) is 0.463. The lowest BCUT2D eigenvalue weighted by Gasteiger charge is -2.28. The zero-order chi connectivity index (χ0) is 20.8. The second-order valence-corrected chi connectivity index (χ2v) is 7.92. The van der Waals surface area contributed by atoms with Gasteiger partial charge in [0.05, 0.1) is 35.3 Å². The lowest BCUT2D eigenvalue weighted by Crippen LogP contribution is -2.36. The molecule has 1 aliphatic rings. The van der Waals surface area contributed by atoms with Crippen molar-refractivity contribution in [1.82, 2.24) is 24.9 Å². The number of imidazole rings is 2. The fraction of sp³-hybridized carbons (Fsp3) is 0.208. The summed E-state index contributed by atoms with van der Waals surface area (Å²) in [6.07, 6.45) is 1.81. The third-order valence-corrected chi connectivity index (χ3v) is 5.76. The summed E-state index contributed by atoms with van der Waals surface area (Å²) in [5, 5.41) is 0. The van der Waals surface area contributed by atoms with Gasteiger partial charge in [0, 0.05) is 30.5 Å². The molecule has 7 heteroatoms. The van der Waals surface area contributed by atoms with E-state index in [0.717, 1.165) is 76.8 Å². The number of rotatable bonds is 3. The summed E-state index contributed by atoms with van der Waals surface area (Å²) >= 11 is 0. The summed E-state index contributed by atoms with van der Waals surface area (Å²) in [4.78, 5) is 23.2. The number of H-pyrrole nitrogens is 2. The van der Waals surface area contributed by atoms with Gasteiger partial charge in [-0.1, -0.05) is 0 Å². The first-order valence-electron chi connectivity index (χ1n) is 10.5. The van der Waals surface area contributed by atoms with Crippen LogP contribution in [-0.4, -0.2) is 51.2 Å². The van der Waals surface area contributed by atoms with Crippen LogP contribution in [0.25, 0.3) is 45.0 Å². The predicted octanol–water partition coefficient (Wildman–Crippen LogP) is 4.31. The highest BCUT2D eigenvalue weighted by Crippen LogP contribution is 2.28. The Balaban J connectivity index is 1.35. The second-order valence-electron chi connectivity index (χ2n) is 7.92. The fourth-order valence-corrected chi connectivity index (χ4v) is 4.10. The van der Waals surface area contributed by atoms with E-state index in [9.17, 15) is 0 Å². The van der Waals surface area contributed by atoms with Gasteiger partial charge in [0.15, 0.2) is 5.82 Å². The van der Waals surface area contributed by atoms with Gasteiger partial charge in [-0.15, -0.1) is 0 Å². The molecule has 7 nitrogen and oxygen atoms in total. The maximum Gasteiger partial charge on any atom is 0.157 e. The Labute approximate surface area is 179 Å². The third kappa shape index (κ3) is 3.33. The number of aromatic amines is 2. The molecular formula is C24H22N6O. The molecule has 0 radical (unpaired) electrons. The van der Waals surface area contributed by atoms with Crippen molar-refractivity contribution >= 4 is 27.8 Å². The number of hydrogen-bond acceptors (Lipinski definition) is 5. The Morgan fingerprint density at radius 3 is 2.42 bits per heavy atom. The number of pyridine rings is 1. The molecule has 1 aliphatic heterocycles. The van der Waals surface area contributed by atoms with Crippen molar-refractivity contribution in [2.75, 3.05) is 31.2 Å². The van der Waals surface area contributed by atoms with E-state index in [4.69, 9.17) is 14.7 Å². The van der Waals surface area contributed by atoms with Crippen molar-refractivity contribution in [3.63, 3.8) is 0 Å². The number of ether oxygens (including phenoxy) is 1. The molecular weight excluding hydrogens is 388 g/mol. The summed E-state index contributed by atoms with van der Waals surface area (Å²) < 4.78 is 5.47. The first kappa shape index (κ1) is 18.1. The number of aromatic nitrogens is 5. The number of benzene rings is 2. The summed E-state index contributed by atoms with van der Waals surface area (Å²) in [7, 11) is 0. The average Bonchev–Trinajstić information content (AvgIpc) is 3.43. The van der Waals surface area contributed by atoms with Crippen LogP contribution in [0.3, 0.4) is 0 Å². The largest absolute Gasteiger partial charge is 0.378 e. The van der Waals surface area contributed by atoms with Crippen LogP contribution in [0.1, 0.15) is 5.56 Å². The number of hydrogen-bond donors (Lipinski definition) is 2. The van der Waals surface area contributed by atoms with E-state index in [2.05, 4.69) is 57.1 Å². The van der Waals surface area contributed by atoms with Gasteiger partial charge in [-0.05, 0) is 61.0 Å². The molecule has 31 heavy (non-hydrogen) atoms. The molecule has 3 aromatic heterocycles. The standard InChI is InChI=1S/C24H22N6O/c1-15-6-7-25-22(12-15)24-27-18-4-2-16(13-20(18)29-24)23-26-19-5-3-17(14-21(19)28-23)30-8-10-31-11-9-30/h2-7,12-14H,8-11H2,1H3,(H,26,28)(H,27,29). The Hall–Kier alpha value is -3.71. The molecule has 5 aromatic rings. The topological polar surface area (TPSA) is 82.7 Å². The summed E-state index contributed by atoms with van der Waals surface area (Å²) in [6.45, 7) is 5.44. The minimum atomic E-state index is 0.774. The summed E-state index contributed by atoms with van der Waals surface area (Å²) in [5.74, 6) is 1.62. The Bertz CT molecular complexity index is 1400. The molecule has 4 heterocycles. The Morgan fingerprint density at radius 1 is 0.839 bits per heavy atom. The molecule has 2 N–H and O–H groups in total. The van der Waals surface area contributed by atoms with Crippen LogP contribution in [-0.2, 0) is 4.74 Å². The minimum absolute atomic E-state index is 0.774. The van der Waals surface area contributed by atoms with Crippen LogP contribution in [0.5, 0.6) is 0 Å². The molecule has 0 amide bonds. The maximum absolute atomic E-state index is 5.47. The molecule has 0 atom stereocenters. The molecule has 154 valence electrons. The van der Waals surface area contributed by atoms with E-state index in [1.165, 1.54) is 5.69 Å². The summed E-state index contributed by atoms with van der Waals surface area (Å²) in [5.41, 5.74) is 8.09. The van der Waals surface area contributed by atoms with Crippen molar-refractivity contribution in [3.8, 4) is 22.9 Å². The van der Waals surface area contributed by atoms with Crippen molar-refractivity contribution in [3.05, 3.63) is 60.3 Å². The number of nitrogens with zero attached hydrogens (tertiary/aromatic N) is 4. The van der Waals surface area contributed by atoms with E-state index in [1.807, 2.05) is 24.4 Å². The molecule has 2 aromatic carbocycles. The monoisotopic (exact) mass is 410 g/mol. The summed E-state index contributed by atoms with van der Waals surface area (Å²) in [6, 6.07) is 16.6. The molecule has 0 spiro atoms. The van der Waals surface area contributed by atoms with E-state index >= 15 is 0 Å². The molecule has 1 saturated heterocycles. The zero-order valence-corrected chi connectivity index (χ0v) is 17.2. The van der Waals surface area contributed by atoms with Crippen LogP contribution in [0, 0.1) is 6.92 Å². The van der Waals surface area contributed by atoms with Gasteiger partial charge >= 0.3 is 0 Å². The van der Waals surface area contributed by atoms with Crippen LogP contribution in [0.2, 0.25) is 0 Å². The van der Waals surface area contributed by atoms with Crippen LogP contribution < -0.4 is 4.90 Å². The van der Waals surface area contributed by atoms with Crippen molar-refractivity contribution < 1.29 is 4.74 Å². The molecule has 0 saturated carbocycles. The van der Waals surface area contributed by atoms with Crippen molar-refractivity contribution in [2.45, 2.75) is 6.92 Å². The predicted molar refractivity (Wildman–Crippen MR) is 122 cm³/mol. The van der Waals surface area contributed by atoms with Crippen molar-refractivity contribution in [1.29, 1.82) is 0 Å². The Kier molecular flexibility index (Phi) is 4.21. The highest BCUT2D eigenvalue weighted by Gasteiger charge is 2.14. The number of aryl methyl sites for hydroxylation is 1. The third-order valence-electron chi connectivity index (χ3n) is 5.76. The van der Waals surface area contributed by atoms with Gasteiger partial charge in [-0.2, -0.15) is 0 Å². The van der Waals surface area contributed by atoms with Gasteiger partial charge in [-0.3, -0.25) is 4.98 Å². The normalized spacial score (nSPS) is 14.5. The molecule has 0 unspecified atom stereocenters. The van der Waals surface area contributed by atoms with E-state index < -0.39 is 0 Å². The van der Waals surface area contributed by atoms with E-state index in [1.54, 1.807) is 0 Å². The highest BCUT2D eigenvalue weighted by atomic mass is 16.5. The number of nitrogens with one attached hydrogen (secondary N) is 2. The van der Waals surface area contributed by atoms with Crippen LogP contribution in [0.15, 0.2) is 54.7 Å². The van der Waals surface area contributed by atoms with Gasteiger partial charge in [0.2, 0.25) is 0 Å². The second kappa shape index (κ2) is 7.21. The molecule has 6 rings (SSSR count). The average molecular weight is 410 g/mol. The molecule has 1 fully saturated rings. The SMILES string of the molecule is Cc1ccnc(-c2nc3ccc(-c4nc5ccc(N6CCOCC6)cc5[nH]4)cc3[nH]2)c1. The van der Waals surface area contributed by atoms with Crippen LogP contribution >= 0.6 is 0 Å². The molecule has 0 bridgehead atoms. The lowest BCUT2D eigenvalue weighted by molar-refractivity contribution is 0.122. The van der Waals surface area contributed by atoms with Crippen molar-refractivity contribution in [2.24, 2.45) is 0 Å². The highest BCUT2D eigenvalue weighted by molar-refractivity contribution is 5.86. The number of fused-ring (bicyclic) bond motifs is 2. The van der Waals surface area contributed by atoms with Gasteiger partial charge < -0.3 is 19.6 Å². The first-order valence-corrected chi connectivity index (χ1v) is 10.5. The zero-order valence-electron chi connectivity index (χ0n) is 17.2. The van der Waals surface area contributed by atoms with E-state index in [-0.39, 0.29) is 0 Å². The van der Waals surface area contributed by atoms with E-state index in [0.29, 0.717) is 0 Å². The first-order chi connectivity index (χ1) is 15.2. The van der Waals surface area contributed by atoms with Gasteiger partial charge in [0.25, 0.3) is 0 Å². The number of anilines is 1. The minimum Gasteiger partial charge on any atom is -0.378 e. The maximum atomic E-state index is 5.47. The molecule has 0 aliphatic carbocycles. The van der Waals surface area contributed by atoms with Crippen LogP contribution in [0.4, 0.5) is 5.69 Å². The Morgan fingerprint density at radius 2 is 1.58 bits per heavy atom. The smallest absolute Gasteiger partial charge is 0.157 e. The lowest BCUT2D eigenvalue weighted by atomic mass is 10.2. The number of morpholine rings is 1. The fourth-order valence-electron chi connectivity index (χ4n) is 4.10.